The van der Waals surface area contributed by atoms with Crippen molar-refractivity contribution in [2.45, 2.75) is 32.0 Å². The molecule has 2 heterocycles. The molecule has 1 aliphatic rings. The van der Waals surface area contributed by atoms with Gasteiger partial charge in [0.25, 0.3) is 0 Å². The number of anilines is 3. The molecule has 0 atom stereocenters. The van der Waals surface area contributed by atoms with Gasteiger partial charge in [-0.2, -0.15) is 13.2 Å². The fourth-order valence-corrected chi connectivity index (χ4v) is 4.78. The van der Waals surface area contributed by atoms with Crippen molar-refractivity contribution in [3.63, 3.8) is 0 Å². The first-order valence-electron chi connectivity index (χ1n) is 13.3. The van der Waals surface area contributed by atoms with Crippen LogP contribution in [0.1, 0.15) is 24.0 Å². The lowest BCUT2D eigenvalue weighted by Crippen LogP contribution is -2.43. The van der Waals surface area contributed by atoms with Gasteiger partial charge in [-0.3, -0.25) is 0 Å². The Labute approximate surface area is 240 Å². The molecule has 1 aliphatic heterocycles. The number of carbonyl (C=O) groups excluding carboxylic acids is 1. The van der Waals surface area contributed by atoms with Crippen LogP contribution in [0.25, 0.3) is 10.9 Å². The summed E-state index contributed by atoms with van der Waals surface area (Å²) in [5, 5.41) is 6.79. The second-order valence-electron chi connectivity index (χ2n) is 9.86. The minimum Gasteiger partial charge on any atom is -0.493 e. The Morgan fingerprint density at radius 2 is 1.57 bits per heavy atom. The van der Waals surface area contributed by atoms with Crippen molar-refractivity contribution in [3.05, 3.63) is 72.1 Å². The molecule has 4 aromatic rings. The zero-order valence-electron chi connectivity index (χ0n) is 23.3. The number of amides is 2. The van der Waals surface area contributed by atoms with Crippen LogP contribution < -0.4 is 24.8 Å². The normalized spacial score (nSPS) is 14.0. The molecule has 42 heavy (non-hydrogen) atoms. The Morgan fingerprint density at radius 3 is 2.21 bits per heavy atom. The number of fused-ring (bicyclic) bond motifs is 1. The first kappa shape index (κ1) is 28.8. The average Bonchev–Trinajstić information content (AvgIpc) is 2.98. The lowest BCUT2D eigenvalue weighted by atomic mass is 10.1. The number of hydrogen-bond donors (Lipinski definition) is 2. The van der Waals surface area contributed by atoms with Gasteiger partial charge in [0.2, 0.25) is 0 Å². The third-order valence-corrected chi connectivity index (χ3v) is 7.06. The largest absolute Gasteiger partial charge is 0.493 e. The summed E-state index contributed by atoms with van der Waals surface area (Å²) in [5.74, 6) is 2.52. The van der Waals surface area contributed by atoms with Gasteiger partial charge in [0, 0.05) is 48.8 Å². The molecule has 0 saturated carbocycles. The van der Waals surface area contributed by atoms with Gasteiger partial charge in [-0.1, -0.05) is 0 Å². The van der Waals surface area contributed by atoms with Gasteiger partial charge in [0.05, 0.1) is 25.3 Å². The van der Waals surface area contributed by atoms with Gasteiger partial charge in [0.15, 0.2) is 11.5 Å². The number of rotatable bonds is 7. The number of hydrogen-bond acceptors (Lipinski definition) is 7. The SMILES string of the molecule is COc1cc2ncnc(Nc3ccc(OC4CCN(C(=O)Nc5ccc(C(F)(F)F)cc5)CC4)c(C)c3)c2cc1OC. The van der Waals surface area contributed by atoms with Gasteiger partial charge in [0.1, 0.15) is 24.0 Å². The Morgan fingerprint density at radius 1 is 0.905 bits per heavy atom. The van der Waals surface area contributed by atoms with Crippen molar-refractivity contribution in [1.29, 1.82) is 0 Å². The number of ether oxygens (including phenoxy) is 3. The van der Waals surface area contributed by atoms with Crippen molar-refractivity contribution in [2.24, 2.45) is 0 Å². The molecule has 1 saturated heterocycles. The molecule has 220 valence electrons. The van der Waals surface area contributed by atoms with Crippen molar-refractivity contribution in [3.8, 4) is 17.2 Å². The van der Waals surface area contributed by atoms with Gasteiger partial charge < -0.3 is 29.7 Å². The molecule has 9 nitrogen and oxygen atoms in total. The Kier molecular flexibility index (Phi) is 8.23. The molecular formula is C30H30F3N5O4. The van der Waals surface area contributed by atoms with E-state index in [-0.39, 0.29) is 12.1 Å². The van der Waals surface area contributed by atoms with Crippen LogP contribution in [0.5, 0.6) is 17.2 Å². The number of methoxy groups -OCH3 is 2. The number of urea groups is 1. The highest BCUT2D eigenvalue weighted by molar-refractivity contribution is 5.93. The van der Waals surface area contributed by atoms with Crippen LogP contribution >= 0.6 is 0 Å². The number of aromatic nitrogens is 2. The fourth-order valence-electron chi connectivity index (χ4n) is 4.78. The molecule has 1 aromatic heterocycles. The topological polar surface area (TPSA) is 97.8 Å². The van der Waals surface area contributed by atoms with Crippen molar-refractivity contribution >= 4 is 34.1 Å². The Balaban J connectivity index is 1.17. The van der Waals surface area contributed by atoms with E-state index < -0.39 is 11.7 Å². The number of nitrogens with zero attached hydrogens (tertiary/aromatic N) is 3. The van der Waals surface area contributed by atoms with E-state index in [9.17, 15) is 18.0 Å². The summed E-state index contributed by atoms with van der Waals surface area (Å²) in [7, 11) is 3.15. The lowest BCUT2D eigenvalue weighted by Gasteiger charge is -2.32. The van der Waals surface area contributed by atoms with E-state index in [1.807, 2.05) is 31.2 Å². The molecule has 5 rings (SSSR count). The van der Waals surface area contributed by atoms with Crippen LogP contribution in [0.15, 0.2) is 60.9 Å². The predicted octanol–water partition coefficient (Wildman–Crippen LogP) is 6.79. The fraction of sp³-hybridized carbons (Fsp3) is 0.300. The third kappa shape index (κ3) is 6.42. The number of nitrogens with one attached hydrogen (secondary N) is 2. The molecule has 12 heteroatoms. The minimum absolute atomic E-state index is 0.0779. The van der Waals surface area contributed by atoms with Crippen LogP contribution in [0.4, 0.5) is 35.2 Å². The van der Waals surface area contributed by atoms with E-state index in [0.29, 0.717) is 54.5 Å². The maximum Gasteiger partial charge on any atom is 0.416 e. The van der Waals surface area contributed by atoms with Crippen molar-refractivity contribution < 1.29 is 32.2 Å². The number of halogens is 3. The number of benzene rings is 3. The summed E-state index contributed by atoms with van der Waals surface area (Å²) >= 11 is 0. The monoisotopic (exact) mass is 581 g/mol. The summed E-state index contributed by atoms with van der Waals surface area (Å²) in [5.41, 5.74) is 2.01. The van der Waals surface area contributed by atoms with Gasteiger partial charge in [-0.05, 0) is 61.0 Å². The maximum absolute atomic E-state index is 12.8. The van der Waals surface area contributed by atoms with E-state index in [1.54, 1.807) is 25.2 Å². The van der Waals surface area contributed by atoms with Crippen molar-refractivity contribution in [1.82, 2.24) is 14.9 Å². The molecule has 2 N–H and O–H groups in total. The smallest absolute Gasteiger partial charge is 0.416 e. The summed E-state index contributed by atoms with van der Waals surface area (Å²) in [6.45, 7) is 2.88. The van der Waals surface area contributed by atoms with E-state index in [2.05, 4.69) is 20.6 Å². The maximum atomic E-state index is 12.8. The van der Waals surface area contributed by atoms with Crippen LogP contribution in [-0.2, 0) is 6.18 Å². The molecular weight excluding hydrogens is 551 g/mol. The summed E-state index contributed by atoms with van der Waals surface area (Å²) < 4.78 is 55.4. The highest BCUT2D eigenvalue weighted by Crippen LogP contribution is 2.35. The molecule has 0 radical (unpaired) electrons. The summed E-state index contributed by atoms with van der Waals surface area (Å²) in [6, 6.07) is 13.4. The van der Waals surface area contributed by atoms with Crippen LogP contribution in [-0.4, -0.2) is 54.3 Å². The second kappa shape index (κ2) is 12.0. The second-order valence-corrected chi connectivity index (χ2v) is 9.86. The molecule has 0 aliphatic carbocycles. The number of piperidine rings is 1. The molecule has 0 bridgehead atoms. The van der Waals surface area contributed by atoms with Gasteiger partial charge >= 0.3 is 12.2 Å². The molecule has 0 spiro atoms. The highest BCUT2D eigenvalue weighted by Gasteiger charge is 2.30. The Bertz CT molecular complexity index is 1570. The molecule has 3 aromatic carbocycles. The number of carbonyl (C=O) groups is 1. The van der Waals surface area contributed by atoms with E-state index in [0.717, 1.165) is 34.5 Å². The number of aryl methyl sites for hydroxylation is 1. The standard InChI is InChI=1S/C30H30F3N5O4/c1-18-14-21(36-28-23-15-26(40-2)27(41-3)16-24(23)34-17-35-28)8-9-25(18)42-22-10-12-38(13-11-22)29(39)37-20-6-4-19(5-7-20)30(31,32)33/h4-9,14-17,22H,10-13H2,1-3H3,(H,37,39)(H,34,35,36). The summed E-state index contributed by atoms with van der Waals surface area (Å²) in [4.78, 5) is 23.0. The quantitative estimate of drug-likeness (QED) is 0.248. The van der Waals surface area contributed by atoms with Crippen LogP contribution in [0.3, 0.4) is 0 Å². The lowest BCUT2D eigenvalue weighted by molar-refractivity contribution is -0.137. The summed E-state index contributed by atoms with van der Waals surface area (Å²) in [6.07, 6.45) is -1.77. The van der Waals surface area contributed by atoms with E-state index >= 15 is 0 Å². The molecule has 0 unspecified atom stereocenters. The zero-order valence-corrected chi connectivity index (χ0v) is 23.3. The zero-order chi connectivity index (χ0) is 29.9. The third-order valence-electron chi connectivity index (χ3n) is 7.06. The molecule has 1 fully saturated rings. The first-order valence-corrected chi connectivity index (χ1v) is 13.3. The number of likely N-dealkylation sites (tertiary alicyclic amines) is 1. The first-order chi connectivity index (χ1) is 20.1. The predicted molar refractivity (Wildman–Crippen MR) is 153 cm³/mol. The average molecular weight is 582 g/mol. The van der Waals surface area contributed by atoms with E-state index in [4.69, 9.17) is 14.2 Å². The highest BCUT2D eigenvalue weighted by atomic mass is 19.4. The minimum atomic E-state index is -4.42. The molecule has 2 amide bonds. The van der Waals surface area contributed by atoms with Crippen molar-refractivity contribution in [2.75, 3.05) is 37.9 Å². The van der Waals surface area contributed by atoms with E-state index in [1.165, 1.54) is 18.5 Å². The Hall–Kier alpha value is -4.74. The van der Waals surface area contributed by atoms with Gasteiger partial charge in [-0.15, -0.1) is 0 Å². The van der Waals surface area contributed by atoms with Crippen LogP contribution in [0, 0.1) is 6.92 Å². The number of alkyl halides is 3. The van der Waals surface area contributed by atoms with Gasteiger partial charge in [-0.25, -0.2) is 14.8 Å². The van der Waals surface area contributed by atoms with Crippen LogP contribution in [0.2, 0.25) is 0 Å².